The van der Waals surface area contributed by atoms with Crippen LogP contribution in [0.3, 0.4) is 0 Å². The minimum atomic E-state index is 0.0762. The molecule has 0 atom stereocenters. The standard InChI is InChI=1S/C13H20N2OS/c1-9(2)15-13(16)8-17-12-5-4-11(7-14)6-10(12)3/h4-6,9H,7-8,14H2,1-3H3,(H,15,16). The summed E-state index contributed by atoms with van der Waals surface area (Å²) in [6, 6.07) is 6.31. The minimum Gasteiger partial charge on any atom is -0.353 e. The minimum absolute atomic E-state index is 0.0762. The Morgan fingerprint density at radius 1 is 1.47 bits per heavy atom. The average Bonchev–Trinajstić information content (AvgIpc) is 2.26. The summed E-state index contributed by atoms with van der Waals surface area (Å²) in [6.07, 6.45) is 0. The van der Waals surface area contributed by atoms with Gasteiger partial charge in [-0.3, -0.25) is 4.79 Å². The Morgan fingerprint density at radius 2 is 2.18 bits per heavy atom. The van der Waals surface area contributed by atoms with E-state index in [1.165, 1.54) is 5.56 Å². The van der Waals surface area contributed by atoms with Gasteiger partial charge in [-0.05, 0) is 38.0 Å². The molecule has 3 N–H and O–H groups in total. The Bertz CT molecular complexity index is 391. The van der Waals surface area contributed by atoms with Gasteiger partial charge in [-0.1, -0.05) is 12.1 Å². The number of amides is 1. The van der Waals surface area contributed by atoms with Gasteiger partial charge in [0.1, 0.15) is 0 Å². The van der Waals surface area contributed by atoms with Crippen LogP contribution in [-0.2, 0) is 11.3 Å². The van der Waals surface area contributed by atoms with E-state index in [9.17, 15) is 4.79 Å². The van der Waals surface area contributed by atoms with Gasteiger partial charge in [-0.2, -0.15) is 0 Å². The molecule has 0 aromatic heterocycles. The molecule has 0 saturated heterocycles. The number of hydrogen-bond donors (Lipinski definition) is 2. The number of benzene rings is 1. The van der Waals surface area contributed by atoms with Gasteiger partial charge in [-0.15, -0.1) is 11.8 Å². The van der Waals surface area contributed by atoms with E-state index >= 15 is 0 Å². The van der Waals surface area contributed by atoms with Crippen molar-refractivity contribution in [2.45, 2.75) is 38.3 Å². The van der Waals surface area contributed by atoms with Crippen molar-refractivity contribution in [3.8, 4) is 0 Å². The second kappa shape index (κ2) is 6.67. The molecule has 94 valence electrons. The smallest absolute Gasteiger partial charge is 0.230 e. The van der Waals surface area contributed by atoms with E-state index < -0.39 is 0 Å². The summed E-state index contributed by atoms with van der Waals surface area (Å²) in [6.45, 7) is 6.52. The Labute approximate surface area is 107 Å². The lowest BCUT2D eigenvalue weighted by molar-refractivity contribution is -0.119. The summed E-state index contributed by atoms with van der Waals surface area (Å²) in [7, 11) is 0. The maximum atomic E-state index is 11.5. The Hall–Kier alpha value is -1.00. The van der Waals surface area contributed by atoms with Crippen LogP contribution < -0.4 is 11.1 Å². The van der Waals surface area contributed by atoms with Crippen molar-refractivity contribution >= 4 is 17.7 Å². The van der Waals surface area contributed by atoms with E-state index in [1.807, 2.05) is 32.9 Å². The molecule has 0 saturated carbocycles. The topological polar surface area (TPSA) is 55.1 Å². The van der Waals surface area contributed by atoms with Crippen molar-refractivity contribution < 1.29 is 4.79 Å². The lowest BCUT2D eigenvalue weighted by atomic mass is 10.1. The third kappa shape index (κ3) is 4.79. The van der Waals surface area contributed by atoms with Gasteiger partial charge in [-0.25, -0.2) is 0 Å². The molecule has 0 aliphatic carbocycles. The third-order valence-corrected chi connectivity index (χ3v) is 3.46. The predicted octanol–water partition coefficient (Wildman–Crippen LogP) is 2.07. The van der Waals surface area contributed by atoms with Gasteiger partial charge in [0.25, 0.3) is 0 Å². The van der Waals surface area contributed by atoms with E-state index in [2.05, 4.69) is 11.4 Å². The zero-order valence-electron chi connectivity index (χ0n) is 10.6. The van der Waals surface area contributed by atoms with E-state index in [4.69, 9.17) is 5.73 Å². The molecule has 0 bridgehead atoms. The largest absolute Gasteiger partial charge is 0.353 e. The molecule has 0 aliphatic rings. The second-order valence-corrected chi connectivity index (χ2v) is 5.33. The molecule has 3 nitrogen and oxygen atoms in total. The van der Waals surface area contributed by atoms with Crippen LogP contribution in [0.1, 0.15) is 25.0 Å². The fraction of sp³-hybridized carbons (Fsp3) is 0.462. The van der Waals surface area contributed by atoms with E-state index in [0.29, 0.717) is 12.3 Å². The van der Waals surface area contributed by atoms with E-state index in [-0.39, 0.29) is 11.9 Å². The first-order valence-corrected chi connectivity index (χ1v) is 6.73. The van der Waals surface area contributed by atoms with Gasteiger partial charge >= 0.3 is 0 Å². The fourth-order valence-corrected chi connectivity index (χ4v) is 2.33. The summed E-state index contributed by atoms with van der Waals surface area (Å²) >= 11 is 1.56. The summed E-state index contributed by atoms with van der Waals surface area (Å²) in [5.41, 5.74) is 7.87. The van der Waals surface area contributed by atoms with Crippen LogP contribution in [-0.4, -0.2) is 17.7 Å². The Kier molecular flexibility index (Phi) is 5.51. The maximum absolute atomic E-state index is 11.5. The molecule has 0 aliphatic heterocycles. The number of carbonyl (C=O) groups excluding carboxylic acids is 1. The Balaban J connectivity index is 2.55. The van der Waals surface area contributed by atoms with Crippen molar-refractivity contribution in [3.05, 3.63) is 29.3 Å². The van der Waals surface area contributed by atoms with Gasteiger partial charge in [0.05, 0.1) is 5.75 Å². The van der Waals surface area contributed by atoms with Gasteiger partial charge < -0.3 is 11.1 Å². The summed E-state index contributed by atoms with van der Waals surface area (Å²) in [4.78, 5) is 12.6. The molecule has 1 amide bonds. The van der Waals surface area contributed by atoms with Crippen molar-refractivity contribution in [1.29, 1.82) is 0 Å². The molecular formula is C13H20N2OS. The first-order chi connectivity index (χ1) is 8.02. The first-order valence-electron chi connectivity index (χ1n) is 5.74. The van der Waals surface area contributed by atoms with Crippen LogP contribution in [0.2, 0.25) is 0 Å². The molecular weight excluding hydrogens is 232 g/mol. The Morgan fingerprint density at radius 3 is 2.71 bits per heavy atom. The highest BCUT2D eigenvalue weighted by Crippen LogP contribution is 2.23. The second-order valence-electron chi connectivity index (χ2n) is 4.31. The van der Waals surface area contributed by atoms with Crippen LogP contribution in [0.5, 0.6) is 0 Å². The van der Waals surface area contributed by atoms with Crippen LogP contribution >= 0.6 is 11.8 Å². The van der Waals surface area contributed by atoms with Crippen LogP contribution in [0.4, 0.5) is 0 Å². The number of rotatable bonds is 5. The summed E-state index contributed by atoms with van der Waals surface area (Å²) in [5.74, 6) is 0.536. The van der Waals surface area contributed by atoms with Crippen molar-refractivity contribution in [1.82, 2.24) is 5.32 Å². The molecule has 1 rings (SSSR count). The van der Waals surface area contributed by atoms with Crippen LogP contribution in [0.25, 0.3) is 0 Å². The number of nitrogens with one attached hydrogen (secondary N) is 1. The molecule has 1 aromatic rings. The average molecular weight is 252 g/mol. The molecule has 4 heteroatoms. The molecule has 0 heterocycles. The number of nitrogens with two attached hydrogens (primary N) is 1. The zero-order chi connectivity index (χ0) is 12.8. The maximum Gasteiger partial charge on any atom is 0.230 e. The predicted molar refractivity (Wildman–Crippen MR) is 73.1 cm³/mol. The monoisotopic (exact) mass is 252 g/mol. The highest BCUT2D eigenvalue weighted by Gasteiger charge is 2.06. The normalized spacial score (nSPS) is 10.6. The van der Waals surface area contributed by atoms with E-state index in [1.54, 1.807) is 11.8 Å². The SMILES string of the molecule is Cc1cc(CN)ccc1SCC(=O)NC(C)C. The van der Waals surface area contributed by atoms with Crippen molar-refractivity contribution in [2.75, 3.05) is 5.75 Å². The van der Waals surface area contributed by atoms with Crippen molar-refractivity contribution in [3.63, 3.8) is 0 Å². The summed E-state index contributed by atoms with van der Waals surface area (Å²) in [5, 5.41) is 2.88. The van der Waals surface area contributed by atoms with Gasteiger partial charge in [0.15, 0.2) is 0 Å². The van der Waals surface area contributed by atoms with Gasteiger partial charge in [0.2, 0.25) is 5.91 Å². The number of carbonyl (C=O) groups is 1. The number of aryl methyl sites for hydroxylation is 1. The lowest BCUT2D eigenvalue weighted by Crippen LogP contribution is -2.31. The fourth-order valence-electron chi connectivity index (χ4n) is 1.51. The highest BCUT2D eigenvalue weighted by molar-refractivity contribution is 8.00. The molecule has 17 heavy (non-hydrogen) atoms. The van der Waals surface area contributed by atoms with Crippen molar-refractivity contribution in [2.24, 2.45) is 5.73 Å². The molecule has 0 radical (unpaired) electrons. The molecule has 0 spiro atoms. The molecule has 0 fully saturated rings. The van der Waals surface area contributed by atoms with Crippen LogP contribution in [0, 0.1) is 6.92 Å². The summed E-state index contributed by atoms with van der Waals surface area (Å²) < 4.78 is 0. The van der Waals surface area contributed by atoms with Gasteiger partial charge in [0, 0.05) is 17.5 Å². The first kappa shape index (κ1) is 14.1. The molecule has 1 aromatic carbocycles. The van der Waals surface area contributed by atoms with E-state index in [0.717, 1.165) is 10.5 Å². The van der Waals surface area contributed by atoms with Crippen LogP contribution in [0.15, 0.2) is 23.1 Å². The highest BCUT2D eigenvalue weighted by atomic mass is 32.2. The number of thioether (sulfide) groups is 1. The third-order valence-electron chi connectivity index (χ3n) is 2.28. The quantitative estimate of drug-likeness (QED) is 0.789. The molecule has 0 unspecified atom stereocenters. The zero-order valence-corrected chi connectivity index (χ0v) is 11.4. The lowest BCUT2D eigenvalue weighted by Gasteiger charge is -2.09. The number of hydrogen-bond acceptors (Lipinski definition) is 3.